The van der Waals surface area contributed by atoms with Crippen LogP contribution in [0.15, 0.2) is 29.1 Å². The summed E-state index contributed by atoms with van der Waals surface area (Å²) in [5.41, 5.74) is -0.242. The molecule has 130 valence electrons. The molecule has 0 radical (unpaired) electrons. The smallest absolute Gasteiger partial charge is 0.267 e. The van der Waals surface area contributed by atoms with E-state index in [2.05, 4.69) is 15.5 Å². The number of para-hydroxylation sites is 1. The van der Waals surface area contributed by atoms with Crippen LogP contribution in [0.25, 0.3) is 10.9 Å². The Morgan fingerprint density at radius 1 is 1.32 bits per heavy atom. The highest BCUT2D eigenvalue weighted by Crippen LogP contribution is 2.28. The first kappa shape index (κ1) is 17.1. The van der Waals surface area contributed by atoms with E-state index in [1.165, 1.54) is 15.9 Å². The van der Waals surface area contributed by atoms with Crippen molar-refractivity contribution < 1.29 is 9.90 Å². The summed E-state index contributed by atoms with van der Waals surface area (Å²) in [4.78, 5) is 25.3. The van der Waals surface area contributed by atoms with E-state index in [4.69, 9.17) is 0 Å². The minimum absolute atomic E-state index is 0.189. The van der Waals surface area contributed by atoms with Gasteiger partial charge in [-0.05, 0) is 19.1 Å². The molecular formula is C17H18N4O3S. The van der Waals surface area contributed by atoms with Gasteiger partial charge in [-0.1, -0.05) is 37.3 Å². The largest absolute Gasteiger partial charge is 0.506 e. The molecule has 3 aromatic rings. The Balaban J connectivity index is 2.08. The molecular weight excluding hydrogens is 340 g/mol. The SMILES string of the molecule is CCn1c(=O)c(C(=O)Nc2nnc(C(C)C)s2)c(O)c2ccccc21. The maximum absolute atomic E-state index is 12.7. The predicted molar refractivity (Wildman–Crippen MR) is 97.5 cm³/mol. The van der Waals surface area contributed by atoms with Gasteiger partial charge in [0, 0.05) is 17.8 Å². The number of carbonyl (C=O) groups excluding carboxylic acids is 1. The fourth-order valence-corrected chi connectivity index (χ4v) is 3.33. The number of aromatic hydroxyl groups is 1. The average molecular weight is 358 g/mol. The molecule has 25 heavy (non-hydrogen) atoms. The number of anilines is 1. The van der Waals surface area contributed by atoms with E-state index in [1.807, 2.05) is 20.8 Å². The summed E-state index contributed by atoms with van der Waals surface area (Å²) in [6.07, 6.45) is 0. The van der Waals surface area contributed by atoms with E-state index in [0.29, 0.717) is 22.6 Å². The first-order valence-corrected chi connectivity index (χ1v) is 8.75. The molecule has 3 rings (SSSR count). The normalized spacial score (nSPS) is 11.2. The number of aromatic nitrogens is 3. The van der Waals surface area contributed by atoms with Crippen LogP contribution in [-0.2, 0) is 6.54 Å². The number of hydrogen-bond donors (Lipinski definition) is 2. The Morgan fingerprint density at radius 2 is 2.04 bits per heavy atom. The Labute approximate surface area is 148 Å². The average Bonchev–Trinajstić information content (AvgIpc) is 3.04. The third-order valence-electron chi connectivity index (χ3n) is 3.84. The van der Waals surface area contributed by atoms with Crippen molar-refractivity contribution in [3.8, 4) is 5.75 Å². The number of benzene rings is 1. The zero-order valence-electron chi connectivity index (χ0n) is 14.1. The topological polar surface area (TPSA) is 97.1 Å². The van der Waals surface area contributed by atoms with Gasteiger partial charge in [0.1, 0.15) is 16.3 Å². The predicted octanol–water partition coefficient (Wildman–Crippen LogP) is 2.95. The standard InChI is InChI=1S/C17H18N4O3S/c1-4-21-11-8-6-5-7-10(11)13(22)12(16(21)24)14(23)18-17-20-19-15(25-17)9(2)3/h5-9,22H,4H2,1-3H3,(H,18,20,23). The summed E-state index contributed by atoms with van der Waals surface area (Å²) in [6, 6.07) is 6.94. The first-order chi connectivity index (χ1) is 11.9. The first-order valence-electron chi connectivity index (χ1n) is 7.93. The van der Waals surface area contributed by atoms with Crippen LogP contribution in [0.1, 0.15) is 42.1 Å². The Hall–Kier alpha value is -2.74. The molecule has 0 saturated heterocycles. The molecule has 0 atom stereocenters. The number of nitrogens with one attached hydrogen (secondary N) is 1. The van der Waals surface area contributed by atoms with Gasteiger partial charge < -0.3 is 9.67 Å². The summed E-state index contributed by atoms with van der Waals surface area (Å²) in [5.74, 6) is -0.826. The Bertz CT molecular complexity index is 1010. The van der Waals surface area contributed by atoms with Gasteiger partial charge in [-0.3, -0.25) is 14.9 Å². The minimum Gasteiger partial charge on any atom is -0.506 e. The van der Waals surface area contributed by atoms with Crippen LogP contribution in [0.3, 0.4) is 0 Å². The van der Waals surface area contributed by atoms with Crippen molar-refractivity contribution in [1.29, 1.82) is 0 Å². The van der Waals surface area contributed by atoms with Crippen LogP contribution in [0.5, 0.6) is 5.75 Å². The highest BCUT2D eigenvalue weighted by atomic mass is 32.1. The minimum atomic E-state index is -0.693. The van der Waals surface area contributed by atoms with Crippen LogP contribution in [-0.4, -0.2) is 25.8 Å². The van der Waals surface area contributed by atoms with Gasteiger partial charge in [0.15, 0.2) is 0 Å². The maximum Gasteiger partial charge on any atom is 0.267 e. The van der Waals surface area contributed by atoms with E-state index in [0.717, 1.165) is 5.01 Å². The number of nitrogens with zero attached hydrogens (tertiary/aromatic N) is 3. The van der Waals surface area contributed by atoms with E-state index >= 15 is 0 Å². The van der Waals surface area contributed by atoms with E-state index in [1.54, 1.807) is 24.3 Å². The lowest BCUT2D eigenvalue weighted by Crippen LogP contribution is -2.29. The van der Waals surface area contributed by atoms with Gasteiger partial charge >= 0.3 is 0 Å². The van der Waals surface area contributed by atoms with Gasteiger partial charge in [0.05, 0.1) is 5.52 Å². The number of carbonyl (C=O) groups is 1. The van der Waals surface area contributed by atoms with Crippen molar-refractivity contribution in [2.75, 3.05) is 5.32 Å². The van der Waals surface area contributed by atoms with Crippen molar-refractivity contribution >= 4 is 33.3 Å². The lowest BCUT2D eigenvalue weighted by atomic mass is 10.1. The number of hydrogen-bond acceptors (Lipinski definition) is 6. The van der Waals surface area contributed by atoms with Gasteiger partial charge in [0.25, 0.3) is 11.5 Å². The van der Waals surface area contributed by atoms with E-state index < -0.39 is 11.5 Å². The molecule has 0 aliphatic carbocycles. The molecule has 8 heteroatoms. The number of fused-ring (bicyclic) bond motifs is 1. The van der Waals surface area contributed by atoms with Crippen LogP contribution in [0.4, 0.5) is 5.13 Å². The van der Waals surface area contributed by atoms with Gasteiger partial charge in [0.2, 0.25) is 5.13 Å². The summed E-state index contributed by atoms with van der Waals surface area (Å²) >= 11 is 1.24. The molecule has 0 aliphatic rings. The molecule has 0 unspecified atom stereocenters. The molecule has 0 saturated carbocycles. The molecule has 2 N–H and O–H groups in total. The molecule has 0 spiro atoms. The monoisotopic (exact) mass is 358 g/mol. The number of amides is 1. The van der Waals surface area contributed by atoms with Crippen LogP contribution in [0, 0.1) is 0 Å². The van der Waals surface area contributed by atoms with Crippen molar-refractivity contribution in [1.82, 2.24) is 14.8 Å². The molecule has 2 heterocycles. The van der Waals surface area contributed by atoms with E-state index in [9.17, 15) is 14.7 Å². The Kier molecular flexibility index (Phi) is 4.54. The lowest BCUT2D eigenvalue weighted by Gasteiger charge is -2.12. The second-order valence-corrected chi connectivity index (χ2v) is 6.85. The highest BCUT2D eigenvalue weighted by molar-refractivity contribution is 7.15. The van der Waals surface area contributed by atoms with Gasteiger partial charge in [-0.15, -0.1) is 10.2 Å². The summed E-state index contributed by atoms with van der Waals surface area (Å²) in [7, 11) is 0. The second-order valence-electron chi connectivity index (χ2n) is 5.84. The lowest BCUT2D eigenvalue weighted by molar-refractivity contribution is 0.102. The van der Waals surface area contributed by atoms with Crippen LogP contribution in [0.2, 0.25) is 0 Å². The molecule has 7 nitrogen and oxygen atoms in total. The van der Waals surface area contributed by atoms with E-state index in [-0.39, 0.29) is 17.2 Å². The number of aryl methyl sites for hydroxylation is 1. The van der Waals surface area contributed by atoms with Crippen molar-refractivity contribution in [3.05, 3.63) is 45.2 Å². The molecule has 0 aliphatic heterocycles. The van der Waals surface area contributed by atoms with Crippen molar-refractivity contribution in [2.24, 2.45) is 0 Å². The van der Waals surface area contributed by atoms with Crippen LogP contribution < -0.4 is 10.9 Å². The summed E-state index contributed by atoms with van der Waals surface area (Å²) in [6.45, 7) is 6.14. The van der Waals surface area contributed by atoms with Crippen LogP contribution >= 0.6 is 11.3 Å². The zero-order valence-corrected chi connectivity index (χ0v) is 14.9. The molecule has 2 aromatic heterocycles. The quantitative estimate of drug-likeness (QED) is 0.747. The number of pyridine rings is 1. The summed E-state index contributed by atoms with van der Waals surface area (Å²) < 4.78 is 1.46. The third kappa shape index (κ3) is 3.00. The molecule has 1 aromatic carbocycles. The summed E-state index contributed by atoms with van der Waals surface area (Å²) in [5, 5.41) is 22.5. The number of rotatable bonds is 4. The maximum atomic E-state index is 12.7. The second kappa shape index (κ2) is 6.64. The van der Waals surface area contributed by atoms with Crippen molar-refractivity contribution in [2.45, 2.75) is 33.2 Å². The zero-order chi connectivity index (χ0) is 18.1. The van der Waals surface area contributed by atoms with Crippen molar-refractivity contribution in [3.63, 3.8) is 0 Å². The molecule has 0 fully saturated rings. The third-order valence-corrected chi connectivity index (χ3v) is 4.98. The highest BCUT2D eigenvalue weighted by Gasteiger charge is 2.23. The Morgan fingerprint density at radius 3 is 2.68 bits per heavy atom. The fraction of sp³-hybridized carbons (Fsp3) is 0.294. The van der Waals surface area contributed by atoms with Gasteiger partial charge in [-0.25, -0.2) is 0 Å². The fourth-order valence-electron chi connectivity index (χ4n) is 2.59. The molecule has 0 bridgehead atoms. The molecule has 1 amide bonds. The van der Waals surface area contributed by atoms with Gasteiger partial charge in [-0.2, -0.15) is 0 Å².